The van der Waals surface area contributed by atoms with Crippen LogP contribution in [-0.4, -0.2) is 49.6 Å². The standard InChI is InChI=1S/C13H15N5OS/c19-13(17-7-1-2-8-17)10-20-12-5-4-11(15-16-12)18-9-3-6-14-18/h3-6,9H,1-2,7-8,10H2. The highest BCUT2D eigenvalue weighted by Gasteiger charge is 2.17. The third-order valence-electron chi connectivity index (χ3n) is 3.17. The van der Waals surface area contributed by atoms with E-state index in [-0.39, 0.29) is 5.91 Å². The predicted molar refractivity (Wildman–Crippen MR) is 75.7 cm³/mol. The lowest BCUT2D eigenvalue weighted by Gasteiger charge is -2.14. The van der Waals surface area contributed by atoms with Crippen LogP contribution >= 0.6 is 11.8 Å². The first kappa shape index (κ1) is 13.1. The smallest absolute Gasteiger partial charge is 0.232 e. The SMILES string of the molecule is O=C(CSc1ccc(-n2cccn2)nn1)N1CCCC1. The number of rotatable bonds is 4. The Morgan fingerprint density at radius 3 is 2.75 bits per heavy atom. The van der Waals surface area contributed by atoms with Crippen molar-refractivity contribution in [1.29, 1.82) is 0 Å². The summed E-state index contributed by atoms with van der Waals surface area (Å²) in [6, 6.07) is 5.55. The van der Waals surface area contributed by atoms with Crippen molar-refractivity contribution in [3.8, 4) is 5.82 Å². The highest BCUT2D eigenvalue weighted by molar-refractivity contribution is 7.99. The van der Waals surface area contributed by atoms with E-state index in [2.05, 4.69) is 15.3 Å². The van der Waals surface area contributed by atoms with Gasteiger partial charge >= 0.3 is 0 Å². The number of carbonyl (C=O) groups excluding carboxylic acids is 1. The molecule has 1 aliphatic rings. The van der Waals surface area contributed by atoms with E-state index < -0.39 is 0 Å². The Morgan fingerprint density at radius 2 is 2.10 bits per heavy atom. The van der Waals surface area contributed by atoms with E-state index in [1.807, 2.05) is 29.3 Å². The molecule has 6 nitrogen and oxygen atoms in total. The van der Waals surface area contributed by atoms with Crippen LogP contribution in [0, 0.1) is 0 Å². The zero-order chi connectivity index (χ0) is 13.8. The molecule has 3 rings (SSSR count). The van der Waals surface area contributed by atoms with E-state index in [0.717, 1.165) is 31.0 Å². The van der Waals surface area contributed by atoms with Gasteiger partial charge in [0.15, 0.2) is 5.82 Å². The van der Waals surface area contributed by atoms with Gasteiger partial charge in [-0.2, -0.15) is 5.10 Å². The number of thioether (sulfide) groups is 1. The van der Waals surface area contributed by atoms with Crippen molar-refractivity contribution < 1.29 is 4.79 Å². The van der Waals surface area contributed by atoms with E-state index in [1.54, 1.807) is 10.9 Å². The summed E-state index contributed by atoms with van der Waals surface area (Å²) in [4.78, 5) is 13.8. The van der Waals surface area contributed by atoms with Crippen molar-refractivity contribution in [2.45, 2.75) is 17.9 Å². The van der Waals surface area contributed by atoms with Gasteiger partial charge in [0, 0.05) is 25.5 Å². The van der Waals surface area contributed by atoms with Gasteiger partial charge < -0.3 is 4.90 Å². The second-order valence-corrected chi connectivity index (χ2v) is 5.55. The van der Waals surface area contributed by atoms with Crippen molar-refractivity contribution in [3.63, 3.8) is 0 Å². The van der Waals surface area contributed by atoms with E-state index in [9.17, 15) is 4.79 Å². The molecule has 0 atom stereocenters. The number of nitrogens with zero attached hydrogens (tertiary/aromatic N) is 5. The molecule has 0 spiro atoms. The fourth-order valence-corrected chi connectivity index (χ4v) is 2.83. The lowest BCUT2D eigenvalue weighted by atomic mass is 10.4. The summed E-state index contributed by atoms with van der Waals surface area (Å²) in [6.45, 7) is 1.78. The maximum Gasteiger partial charge on any atom is 0.232 e. The summed E-state index contributed by atoms with van der Waals surface area (Å²) in [5, 5.41) is 13.1. The molecule has 0 aromatic carbocycles. The summed E-state index contributed by atoms with van der Waals surface area (Å²) in [7, 11) is 0. The quantitative estimate of drug-likeness (QED) is 0.796. The van der Waals surface area contributed by atoms with Gasteiger partial charge in [-0.1, -0.05) is 11.8 Å². The van der Waals surface area contributed by atoms with Crippen LogP contribution in [0.5, 0.6) is 0 Å². The molecule has 0 radical (unpaired) electrons. The molecule has 0 N–H and O–H groups in total. The molecule has 3 heterocycles. The summed E-state index contributed by atoms with van der Waals surface area (Å²) in [5.74, 6) is 1.28. The van der Waals surface area contributed by atoms with Crippen molar-refractivity contribution in [2.75, 3.05) is 18.8 Å². The third-order valence-corrected chi connectivity index (χ3v) is 4.07. The summed E-state index contributed by atoms with van der Waals surface area (Å²) < 4.78 is 1.65. The molecule has 1 saturated heterocycles. The summed E-state index contributed by atoms with van der Waals surface area (Å²) in [6.07, 6.45) is 5.75. The molecule has 104 valence electrons. The molecular formula is C13H15N5OS. The zero-order valence-corrected chi connectivity index (χ0v) is 11.8. The Balaban J connectivity index is 1.57. The fraction of sp³-hybridized carbons (Fsp3) is 0.385. The van der Waals surface area contributed by atoms with Crippen molar-refractivity contribution in [1.82, 2.24) is 24.9 Å². The zero-order valence-electron chi connectivity index (χ0n) is 11.0. The van der Waals surface area contributed by atoms with Crippen LogP contribution in [0.3, 0.4) is 0 Å². The number of hydrogen-bond donors (Lipinski definition) is 0. The minimum atomic E-state index is 0.186. The van der Waals surface area contributed by atoms with Crippen LogP contribution in [0.2, 0.25) is 0 Å². The number of hydrogen-bond acceptors (Lipinski definition) is 5. The molecule has 20 heavy (non-hydrogen) atoms. The Morgan fingerprint density at radius 1 is 1.25 bits per heavy atom. The second-order valence-electron chi connectivity index (χ2n) is 4.56. The first-order valence-corrected chi connectivity index (χ1v) is 7.56. The largest absolute Gasteiger partial charge is 0.342 e. The van der Waals surface area contributed by atoms with E-state index >= 15 is 0 Å². The maximum atomic E-state index is 11.9. The Hall–Kier alpha value is -1.89. The van der Waals surface area contributed by atoms with Gasteiger partial charge in [0.2, 0.25) is 5.91 Å². The predicted octanol–water partition coefficient (Wildman–Crippen LogP) is 1.38. The van der Waals surface area contributed by atoms with Gasteiger partial charge in [0.05, 0.1) is 5.75 Å². The van der Waals surface area contributed by atoms with Gasteiger partial charge in [0.25, 0.3) is 0 Å². The molecule has 1 fully saturated rings. The minimum absolute atomic E-state index is 0.186. The average molecular weight is 289 g/mol. The molecule has 0 unspecified atom stereocenters. The van der Waals surface area contributed by atoms with Crippen LogP contribution in [0.15, 0.2) is 35.6 Å². The van der Waals surface area contributed by atoms with E-state index in [0.29, 0.717) is 11.6 Å². The van der Waals surface area contributed by atoms with E-state index in [1.165, 1.54) is 11.8 Å². The monoisotopic (exact) mass is 289 g/mol. The van der Waals surface area contributed by atoms with E-state index in [4.69, 9.17) is 0 Å². The molecular weight excluding hydrogens is 274 g/mol. The Labute approximate surface area is 121 Å². The molecule has 0 aliphatic carbocycles. The fourth-order valence-electron chi connectivity index (χ4n) is 2.11. The first-order valence-electron chi connectivity index (χ1n) is 6.57. The average Bonchev–Trinajstić information content (AvgIpc) is 3.18. The van der Waals surface area contributed by atoms with Gasteiger partial charge in [-0.15, -0.1) is 10.2 Å². The van der Waals surface area contributed by atoms with Crippen LogP contribution in [0.1, 0.15) is 12.8 Å². The molecule has 2 aromatic rings. The van der Waals surface area contributed by atoms with Crippen molar-refractivity contribution in [2.24, 2.45) is 0 Å². The summed E-state index contributed by atoms with van der Waals surface area (Å²) >= 11 is 1.43. The maximum absolute atomic E-state index is 11.9. The van der Waals surface area contributed by atoms with Crippen LogP contribution in [0.4, 0.5) is 0 Å². The lowest BCUT2D eigenvalue weighted by Crippen LogP contribution is -2.29. The normalized spacial score (nSPS) is 14.7. The highest BCUT2D eigenvalue weighted by atomic mass is 32.2. The molecule has 1 aliphatic heterocycles. The minimum Gasteiger partial charge on any atom is -0.342 e. The van der Waals surface area contributed by atoms with Gasteiger partial charge in [-0.3, -0.25) is 4.79 Å². The van der Waals surface area contributed by atoms with Crippen LogP contribution < -0.4 is 0 Å². The molecule has 2 aromatic heterocycles. The number of aromatic nitrogens is 4. The second kappa shape index (κ2) is 6.04. The Kier molecular flexibility index (Phi) is 3.96. The van der Waals surface area contributed by atoms with Crippen molar-refractivity contribution >= 4 is 17.7 Å². The van der Waals surface area contributed by atoms with Gasteiger partial charge in [-0.05, 0) is 31.0 Å². The Bertz CT molecular complexity index is 563. The van der Waals surface area contributed by atoms with Crippen LogP contribution in [0.25, 0.3) is 5.82 Å². The van der Waals surface area contributed by atoms with Gasteiger partial charge in [0.1, 0.15) is 5.03 Å². The number of likely N-dealkylation sites (tertiary alicyclic amines) is 1. The highest BCUT2D eigenvalue weighted by Crippen LogP contribution is 2.17. The van der Waals surface area contributed by atoms with Gasteiger partial charge in [-0.25, -0.2) is 4.68 Å². The topological polar surface area (TPSA) is 63.9 Å². The molecule has 7 heteroatoms. The third kappa shape index (κ3) is 2.98. The summed E-state index contributed by atoms with van der Waals surface area (Å²) in [5.41, 5.74) is 0. The molecule has 1 amide bonds. The first-order chi connectivity index (χ1) is 9.83. The van der Waals surface area contributed by atoms with Crippen LogP contribution in [-0.2, 0) is 4.79 Å². The number of carbonyl (C=O) groups is 1. The molecule has 0 saturated carbocycles. The number of amides is 1. The van der Waals surface area contributed by atoms with Crippen molar-refractivity contribution in [3.05, 3.63) is 30.6 Å². The lowest BCUT2D eigenvalue weighted by molar-refractivity contribution is -0.127. The molecule has 0 bridgehead atoms.